The fourth-order valence-corrected chi connectivity index (χ4v) is 5.00. The molecule has 4 aromatic rings. The molecule has 1 unspecified atom stereocenters. The largest absolute Gasteiger partial charge is 0.369 e. The highest BCUT2D eigenvalue weighted by Gasteiger charge is 2.41. The van der Waals surface area contributed by atoms with E-state index in [4.69, 9.17) is 5.73 Å². The monoisotopic (exact) mass is 465 g/mol. The number of hydrogen-bond donors (Lipinski definition) is 3. The maximum Gasteiger partial charge on any atom is 0.232 e. The Morgan fingerprint density at radius 3 is 2.76 bits per heavy atom. The molecule has 0 spiro atoms. The van der Waals surface area contributed by atoms with Crippen molar-refractivity contribution in [3.63, 3.8) is 0 Å². The number of nitrogens with zero attached hydrogens (tertiary/aromatic N) is 6. The van der Waals surface area contributed by atoms with Crippen LogP contribution in [0.25, 0.3) is 10.7 Å². The first kappa shape index (κ1) is 21.1. The molecule has 0 aliphatic heterocycles. The molecular weight excluding hydrogens is 445 g/mol. The highest BCUT2D eigenvalue weighted by Crippen LogP contribution is 2.43. The number of aromatic nitrogens is 7. The topological polar surface area (TPSA) is 148 Å². The Labute approximate surface area is 191 Å². The Morgan fingerprint density at radius 2 is 2.12 bits per heavy atom. The van der Waals surface area contributed by atoms with Crippen LogP contribution in [-0.4, -0.2) is 48.0 Å². The number of aromatic amines is 1. The molecule has 168 valence electrons. The normalized spacial score (nSPS) is 15.5. The van der Waals surface area contributed by atoms with Gasteiger partial charge in [-0.2, -0.15) is 15.4 Å². The van der Waals surface area contributed by atoms with Crippen LogP contribution in [-0.2, 0) is 10.2 Å². The average molecular weight is 466 g/mol. The minimum absolute atomic E-state index is 0.278. The van der Waals surface area contributed by atoms with Crippen LogP contribution in [0.4, 0.5) is 10.2 Å². The molecule has 1 saturated carbocycles. The second-order valence-electron chi connectivity index (χ2n) is 7.92. The van der Waals surface area contributed by atoms with Crippen molar-refractivity contribution in [3.05, 3.63) is 64.9 Å². The smallest absolute Gasteiger partial charge is 0.232 e. The highest BCUT2D eigenvalue weighted by molar-refractivity contribution is 7.15. The number of nitrogens with one attached hydrogen (secondary N) is 2. The van der Waals surface area contributed by atoms with Gasteiger partial charge in [0.2, 0.25) is 5.91 Å². The number of H-pyrrole nitrogens is 1. The van der Waals surface area contributed by atoms with Crippen molar-refractivity contribution in [2.45, 2.75) is 30.6 Å². The van der Waals surface area contributed by atoms with Gasteiger partial charge in [0.15, 0.2) is 0 Å². The molecule has 4 N–H and O–H groups in total. The molecule has 1 atom stereocenters. The number of carbonyl (C=O) groups is 1. The number of amides is 1. The van der Waals surface area contributed by atoms with Crippen LogP contribution in [0.5, 0.6) is 0 Å². The minimum atomic E-state index is -0.741. The first-order valence-corrected chi connectivity index (χ1v) is 11.2. The number of anilines is 1. The van der Waals surface area contributed by atoms with Gasteiger partial charge in [-0.15, -0.1) is 21.5 Å². The van der Waals surface area contributed by atoms with Crippen molar-refractivity contribution in [2.75, 3.05) is 11.9 Å². The van der Waals surface area contributed by atoms with Crippen LogP contribution in [0.2, 0.25) is 0 Å². The van der Waals surface area contributed by atoms with Crippen LogP contribution in [0.1, 0.15) is 41.4 Å². The van der Waals surface area contributed by atoms with Crippen LogP contribution < -0.4 is 11.1 Å². The van der Waals surface area contributed by atoms with Crippen molar-refractivity contribution in [2.24, 2.45) is 5.73 Å². The lowest BCUT2D eigenvalue weighted by atomic mass is 9.66. The summed E-state index contributed by atoms with van der Waals surface area (Å²) >= 11 is 1.29. The van der Waals surface area contributed by atoms with E-state index in [9.17, 15) is 9.18 Å². The van der Waals surface area contributed by atoms with Gasteiger partial charge in [-0.3, -0.25) is 9.78 Å². The summed E-state index contributed by atoms with van der Waals surface area (Å²) in [5, 5.41) is 22.6. The molecule has 10 nitrogen and oxygen atoms in total. The molecule has 1 amide bonds. The summed E-state index contributed by atoms with van der Waals surface area (Å²) in [6.07, 6.45) is 7.44. The summed E-state index contributed by atoms with van der Waals surface area (Å²) in [4.78, 5) is 21.2. The summed E-state index contributed by atoms with van der Waals surface area (Å²) in [7, 11) is 0. The maximum atomic E-state index is 14.3. The molecule has 0 saturated heterocycles. The van der Waals surface area contributed by atoms with Crippen molar-refractivity contribution >= 4 is 23.1 Å². The third kappa shape index (κ3) is 4.04. The predicted octanol–water partition coefficient (Wildman–Crippen LogP) is 2.40. The number of thiazole rings is 1. The second kappa shape index (κ2) is 8.62. The Balaban J connectivity index is 1.30. The van der Waals surface area contributed by atoms with E-state index in [2.05, 4.69) is 40.9 Å². The number of primary amides is 1. The zero-order valence-electron chi connectivity index (χ0n) is 17.4. The summed E-state index contributed by atoms with van der Waals surface area (Å²) in [5.74, 6) is -0.982. The first-order chi connectivity index (χ1) is 16.1. The summed E-state index contributed by atoms with van der Waals surface area (Å²) in [6.45, 7) is 0.522. The number of pyridine rings is 1. The molecule has 1 aliphatic rings. The quantitative estimate of drug-likeness (QED) is 0.359. The van der Waals surface area contributed by atoms with Gasteiger partial charge in [0.25, 0.3) is 0 Å². The third-order valence-electron chi connectivity index (χ3n) is 5.89. The average Bonchev–Trinajstić information content (AvgIpc) is 3.48. The number of nitrogens with two attached hydrogens (primary N) is 1. The zero-order chi connectivity index (χ0) is 22.8. The number of rotatable bonds is 8. The van der Waals surface area contributed by atoms with Gasteiger partial charge in [-0.1, -0.05) is 6.42 Å². The minimum Gasteiger partial charge on any atom is -0.369 e. The molecule has 33 heavy (non-hydrogen) atoms. The predicted molar refractivity (Wildman–Crippen MR) is 119 cm³/mol. The van der Waals surface area contributed by atoms with E-state index in [0.717, 1.165) is 19.3 Å². The van der Waals surface area contributed by atoms with Gasteiger partial charge in [-0.05, 0) is 37.1 Å². The van der Waals surface area contributed by atoms with E-state index in [1.165, 1.54) is 23.6 Å². The number of carbonyl (C=O) groups excluding carboxylic acids is 1. The second-order valence-corrected chi connectivity index (χ2v) is 8.99. The lowest BCUT2D eigenvalue weighted by Gasteiger charge is -2.41. The Kier molecular flexibility index (Phi) is 5.50. The van der Waals surface area contributed by atoms with Crippen LogP contribution in [0.15, 0.2) is 42.9 Å². The maximum absolute atomic E-state index is 14.3. The van der Waals surface area contributed by atoms with Gasteiger partial charge in [0.1, 0.15) is 33.9 Å². The van der Waals surface area contributed by atoms with Gasteiger partial charge >= 0.3 is 0 Å². The van der Waals surface area contributed by atoms with Crippen LogP contribution in [0.3, 0.4) is 0 Å². The zero-order valence-corrected chi connectivity index (χ0v) is 18.2. The summed E-state index contributed by atoms with van der Waals surface area (Å²) < 4.78 is 14.3. The number of hydrogen-bond acceptors (Lipinski definition) is 9. The third-order valence-corrected chi connectivity index (χ3v) is 6.97. The molecule has 5 rings (SSSR count). The molecule has 12 heteroatoms. The van der Waals surface area contributed by atoms with E-state index in [1.807, 2.05) is 0 Å². The van der Waals surface area contributed by atoms with E-state index in [1.54, 1.807) is 30.6 Å². The van der Waals surface area contributed by atoms with Crippen molar-refractivity contribution in [3.8, 4) is 10.7 Å². The molecule has 1 aliphatic carbocycles. The van der Waals surface area contributed by atoms with Crippen molar-refractivity contribution in [1.82, 2.24) is 35.6 Å². The van der Waals surface area contributed by atoms with Crippen LogP contribution >= 0.6 is 11.3 Å². The SMILES string of the molecule is NC(=O)C(c1cn[nH]n1)c1cnc(-c2ccc(NCC3(c4ncccc4F)CCC3)nn2)s1. The van der Waals surface area contributed by atoms with E-state index in [0.29, 0.717) is 39.3 Å². The van der Waals surface area contributed by atoms with Gasteiger partial charge in [0, 0.05) is 29.2 Å². The lowest BCUT2D eigenvalue weighted by molar-refractivity contribution is -0.118. The van der Waals surface area contributed by atoms with Crippen molar-refractivity contribution < 1.29 is 9.18 Å². The Morgan fingerprint density at radius 1 is 1.24 bits per heavy atom. The molecule has 0 bridgehead atoms. The van der Waals surface area contributed by atoms with Crippen LogP contribution in [0, 0.1) is 5.82 Å². The molecule has 0 aromatic carbocycles. The Bertz CT molecular complexity index is 1260. The molecule has 0 radical (unpaired) electrons. The number of halogens is 1. The molecule has 4 aromatic heterocycles. The van der Waals surface area contributed by atoms with E-state index >= 15 is 0 Å². The lowest BCUT2D eigenvalue weighted by Crippen LogP contribution is -2.42. The van der Waals surface area contributed by atoms with Crippen molar-refractivity contribution in [1.29, 1.82) is 0 Å². The van der Waals surface area contributed by atoms with E-state index in [-0.39, 0.29) is 11.2 Å². The standard InChI is InChI=1S/C21H20FN9OS/c22-12-3-1-8-24-18(12)21(6-2-7-21)11-26-16-5-4-13(28-30-16)20-25-10-15(33-20)17(19(23)32)14-9-27-31-29-14/h1,3-5,8-10,17H,2,6-7,11H2,(H2,23,32)(H,26,30)(H,27,29,31). The fraction of sp³-hybridized carbons (Fsp3) is 0.286. The molecule has 1 fully saturated rings. The summed E-state index contributed by atoms with van der Waals surface area (Å²) in [5.41, 5.74) is 6.72. The van der Waals surface area contributed by atoms with Gasteiger partial charge in [0.05, 0.1) is 11.9 Å². The van der Waals surface area contributed by atoms with Gasteiger partial charge < -0.3 is 11.1 Å². The molecular formula is C21H20FN9OS. The Hall–Kier alpha value is -3.80. The highest BCUT2D eigenvalue weighted by atomic mass is 32.1. The molecule has 4 heterocycles. The first-order valence-electron chi connectivity index (χ1n) is 10.4. The van der Waals surface area contributed by atoms with E-state index < -0.39 is 11.8 Å². The summed E-state index contributed by atoms with van der Waals surface area (Å²) in [6, 6.07) is 6.64. The van der Waals surface area contributed by atoms with Gasteiger partial charge in [-0.25, -0.2) is 9.37 Å². The fourth-order valence-electron chi connectivity index (χ4n) is 4.00.